The number of halogens is 4. The number of aryl methyl sites for hydroxylation is 1. The molecular formula is C31H43F4N5O2. The summed E-state index contributed by atoms with van der Waals surface area (Å²) in [4.78, 5) is 0. The quantitative estimate of drug-likeness (QED) is 0.206. The van der Waals surface area contributed by atoms with Crippen LogP contribution < -0.4 is 5.32 Å². The molecule has 0 saturated carbocycles. The van der Waals surface area contributed by atoms with Gasteiger partial charge in [-0.05, 0) is 37.6 Å². The molecule has 4 rings (SSSR count). The van der Waals surface area contributed by atoms with Crippen molar-refractivity contribution in [3.8, 4) is 0 Å². The predicted molar refractivity (Wildman–Crippen MR) is 160 cm³/mol. The van der Waals surface area contributed by atoms with Crippen LogP contribution in [0.25, 0.3) is 22.2 Å². The lowest BCUT2D eigenvalue weighted by Crippen LogP contribution is -2.32. The number of hydrogen-bond donors (Lipinski definition) is 1. The zero-order valence-corrected chi connectivity index (χ0v) is 25.8. The molecule has 1 atom stereocenters. The molecular weight excluding hydrogens is 550 g/mol. The van der Waals surface area contributed by atoms with Gasteiger partial charge in [-0.25, -0.2) is 8.78 Å². The summed E-state index contributed by atoms with van der Waals surface area (Å²) in [6.07, 6.45) is 1.77. The first-order valence-electron chi connectivity index (χ1n) is 13.9. The Balaban J connectivity index is 0.00000148. The average molecular weight is 594 g/mol. The van der Waals surface area contributed by atoms with E-state index in [1.54, 1.807) is 44.7 Å². The summed E-state index contributed by atoms with van der Waals surface area (Å²) in [7, 11) is 1.57. The van der Waals surface area contributed by atoms with Crippen LogP contribution in [-0.4, -0.2) is 52.8 Å². The highest BCUT2D eigenvalue weighted by Gasteiger charge is 2.35. The number of ether oxygens (including phenoxy) is 2. The Bertz CT molecular complexity index is 1410. The molecule has 0 aliphatic carbocycles. The van der Waals surface area contributed by atoms with Crippen molar-refractivity contribution in [1.29, 1.82) is 0 Å². The van der Waals surface area contributed by atoms with Crippen LogP contribution in [0.2, 0.25) is 0 Å². The van der Waals surface area contributed by atoms with E-state index in [4.69, 9.17) is 4.74 Å². The van der Waals surface area contributed by atoms with E-state index in [-0.39, 0.29) is 16.8 Å². The maximum absolute atomic E-state index is 17.0. The van der Waals surface area contributed by atoms with Crippen molar-refractivity contribution in [1.82, 2.24) is 24.6 Å². The van der Waals surface area contributed by atoms with Crippen molar-refractivity contribution in [3.63, 3.8) is 0 Å². The SMILES string of the molecule is C=C.CC.COCCn1ccc2c(/C(=C(\F)C3=C(C)NCC(C)(C)c4nnc(C)n43)C(C)COC(F)F)cc(F)cc21. The van der Waals surface area contributed by atoms with Crippen molar-refractivity contribution >= 4 is 22.2 Å². The third kappa shape index (κ3) is 7.30. The van der Waals surface area contributed by atoms with Gasteiger partial charge in [0.2, 0.25) is 0 Å². The second-order valence-electron chi connectivity index (χ2n) is 10.2. The summed E-state index contributed by atoms with van der Waals surface area (Å²) in [5.41, 5.74) is 1.03. The van der Waals surface area contributed by atoms with E-state index in [2.05, 4.69) is 33.4 Å². The Morgan fingerprint density at radius 2 is 1.83 bits per heavy atom. The molecule has 0 spiro atoms. The summed E-state index contributed by atoms with van der Waals surface area (Å²) in [5, 5.41) is 12.4. The Morgan fingerprint density at radius 3 is 2.45 bits per heavy atom. The molecule has 11 heteroatoms. The summed E-state index contributed by atoms with van der Waals surface area (Å²) in [5.74, 6) is -1.11. The lowest BCUT2D eigenvalue weighted by Gasteiger charge is -2.23. The van der Waals surface area contributed by atoms with Crippen molar-refractivity contribution in [2.45, 2.75) is 67.0 Å². The van der Waals surface area contributed by atoms with Gasteiger partial charge in [0, 0.05) is 54.4 Å². The number of fused-ring (bicyclic) bond motifs is 2. The topological polar surface area (TPSA) is 66.1 Å². The molecule has 2 aromatic heterocycles. The summed E-state index contributed by atoms with van der Waals surface area (Å²) in [6.45, 7) is 16.8. The Kier molecular flexibility index (Phi) is 12.5. The summed E-state index contributed by atoms with van der Waals surface area (Å²) < 4.78 is 71.3. The van der Waals surface area contributed by atoms with Crippen LogP contribution in [0, 0.1) is 18.7 Å². The first kappa shape index (κ1) is 34.8. The van der Waals surface area contributed by atoms with E-state index in [0.29, 0.717) is 47.9 Å². The van der Waals surface area contributed by atoms with Crippen molar-refractivity contribution in [2.75, 3.05) is 26.9 Å². The fourth-order valence-corrected chi connectivity index (χ4v) is 4.91. The maximum Gasteiger partial charge on any atom is 0.345 e. The molecule has 1 unspecified atom stereocenters. The van der Waals surface area contributed by atoms with Crippen molar-refractivity contribution in [3.05, 3.63) is 72.1 Å². The molecule has 1 aliphatic rings. The van der Waals surface area contributed by atoms with E-state index in [0.717, 1.165) is 0 Å². The second-order valence-corrected chi connectivity index (χ2v) is 10.2. The number of allylic oxidation sites excluding steroid dienone is 3. The largest absolute Gasteiger partial charge is 0.386 e. The van der Waals surface area contributed by atoms with Gasteiger partial charge in [-0.2, -0.15) is 8.78 Å². The standard InChI is InChI=1S/C27H33F4N5O2.C2H6.C2H4/c1-15(13-38-26(30)31)22(20-11-18(28)12-21-19(20)7-8-35(21)9-10-37-6)23(29)24-16(2)32-14-27(4,5)25-34-33-17(3)36(24)25;2*1-2/h7-8,11-12,15,26,32H,9-10,13-14H2,1-6H3;1-2H3;1-2H2/b23-22-;;. The highest BCUT2D eigenvalue weighted by Crippen LogP contribution is 2.41. The van der Waals surface area contributed by atoms with Gasteiger partial charge >= 0.3 is 6.61 Å². The minimum Gasteiger partial charge on any atom is -0.386 e. The van der Waals surface area contributed by atoms with Crippen LogP contribution in [0.4, 0.5) is 17.6 Å². The maximum atomic E-state index is 17.0. The predicted octanol–water partition coefficient (Wildman–Crippen LogP) is 7.48. The Labute approximate surface area is 245 Å². The summed E-state index contributed by atoms with van der Waals surface area (Å²) >= 11 is 0. The van der Waals surface area contributed by atoms with Gasteiger partial charge in [0.05, 0.1) is 18.7 Å². The molecule has 1 N–H and O–H groups in total. The third-order valence-corrected chi connectivity index (χ3v) is 6.89. The molecule has 3 heterocycles. The molecule has 3 aromatic rings. The Hall–Kier alpha value is -3.44. The monoisotopic (exact) mass is 593 g/mol. The van der Waals surface area contributed by atoms with E-state index in [1.165, 1.54) is 12.1 Å². The van der Waals surface area contributed by atoms with Gasteiger partial charge < -0.3 is 19.4 Å². The van der Waals surface area contributed by atoms with Crippen molar-refractivity contribution < 1.29 is 27.0 Å². The van der Waals surface area contributed by atoms with Crippen LogP contribution in [-0.2, 0) is 21.4 Å². The first-order valence-corrected chi connectivity index (χ1v) is 13.9. The molecule has 7 nitrogen and oxygen atoms in total. The number of hydrogen-bond acceptors (Lipinski definition) is 5. The molecule has 0 fully saturated rings. The fourth-order valence-electron chi connectivity index (χ4n) is 4.91. The smallest absolute Gasteiger partial charge is 0.345 e. The number of benzene rings is 1. The highest BCUT2D eigenvalue weighted by molar-refractivity contribution is 5.96. The zero-order valence-electron chi connectivity index (χ0n) is 25.8. The van der Waals surface area contributed by atoms with Crippen LogP contribution in [0.15, 0.2) is 49.1 Å². The van der Waals surface area contributed by atoms with Crippen LogP contribution in [0.3, 0.4) is 0 Å². The van der Waals surface area contributed by atoms with E-state index < -0.39 is 36.2 Å². The van der Waals surface area contributed by atoms with Crippen LogP contribution >= 0.6 is 0 Å². The van der Waals surface area contributed by atoms with E-state index in [9.17, 15) is 8.78 Å². The van der Waals surface area contributed by atoms with Gasteiger partial charge in [0.1, 0.15) is 23.2 Å². The second kappa shape index (κ2) is 15.2. The molecule has 0 radical (unpaired) electrons. The lowest BCUT2D eigenvalue weighted by atomic mass is 9.90. The molecule has 0 bridgehead atoms. The van der Waals surface area contributed by atoms with E-state index in [1.807, 2.05) is 32.3 Å². The van der Waals surface area contributed by atoms with Gasteiger partial charge in [-0.1, -0.05) is 34.6 Å². The number of methoxy groups -OCH3 is 1. The molecule has 1 aromatic carbocycles. The van der Waals surface area contributed by atoms with Crippen LogP contribution in [0.5, 0.6) is 0 Å². The normalized spacial score (nSPS) is 15.5. The third-order valence-electron chi connectivity index (χ3n) is 6.89. The first-order chi connectivity index (χ1) is 20.0. The van der Waals surface area contributed by atoms with Gasteiger partial charge in [0.15, 0.2) is 5.83 Å². The average Bonchev–Trinajstić information content (AvgIpc) is 3.53. The van der Waals surface area contributed by atoms with Crippen LogP contribution in [0.1, 0.15) is 58.8 Å². The number of nitrogens with one attached hydrogen (secondary N) is 1. The van der Waals surface area contributed by atoms with E-state index >= 15 is 8.78 Å². The molecule has 0 amide bonds. The highest BCUT2D eigenvalue weighted by atomic mass is 19.3. The minimum absolute atomic E-state index is 0.0505. The number of alkyl halides is 2. The Morgan fingerprint density at radius 1 is 1.17 bits per heavy atom. The van der Waals surface area contributed by atoms with Gasteiger partial charge in [0.25, 0.3) is 0 Å². The van der Waals surface area contributed by atoms with Gasteiger partial charge in [-0.15, -0.1) is 23.4 Å². The number of rotatable bonds is 9. The van der Waals surface area contributed by atoms with Gasteiger partial charge in [-0.3, -0.25) is 4.57 Å². The van der Waals surface area contributed by atoms with Crippen molar-refractivity contribution in [2.24, 2.45) is 5.92 Å². The summed E-state index contributed by atoms with van der Waals surface area (Å²) in [6, 6.07) is 4.37. The minimum atomic E-state index is -3.03. The number of aromatic nitrogens is 4. The molecule has 232 valence electrons. The fraction of sp³-hybridized carbons (Fsp3) is 0.484. The molecule has 42 heavy (non-hydrogen) atoms. The number of nitrogens with zero attached hydrogens (tertiary/aromatic N) is 4. The zero-order chi connectivity index (χ0) is 31.8. The molecule has 1 aliphatic heterocycles. The molecule has 0 saturated heterocycles. The lowest BCUT2D eigenvalue weighted by molar-refractivity contribution is -0.133.